The highest BCUT2D eigenvalue weighted by Gasteiger charge is 2.76. The van der Waals surface area contributed by atoms with Gasteiger partial charge in [-0.1, -0.05) is 0 Å². The molecule has 0 heterocycles. The molecule has 0 saturated heterocycles. The number of halogens is 9. The molecule has 0 rings (SSSR count). The van der Waals surface area contributed by atoms with Gasteiger partial charge < -0.3 is 4.74 Å². The van der Waals surface area contributed by atoms with Crippen molar-refractivity contribution in [3.63, 3.8) is 0 Å². The molecule has 0 spiro atoms. The van der Waals surface area contributed by atoms with Crippen molar-refractivity contribution in [1.82, 2.24) is 0 Å². The average molecular weight is 386 g/mol. The molecule has 0 aliphatic carbocycles. The Bertz CT molecular complexity index is 522. The molecule has 0 bridgehead atoms. The van der Waals surface area contributed by atoms with Crippen molar-refractivity contribution in [1.29, 1.82) is 0 Å². The summed E-state index contributed by atoms with van der Waals surface area (Å²) >= 11 is 0. The Labute approximate surface area is 124 Å². The molecule has 4 nitrogen and oxygen atoms in total. The second-order valence-electron chi connectivity index (χ2n) is 4.90. The summed E-state index contributed by atoms with van der Waals surface area (Å²) in [5.41, 5.74) is -8.96. The standard InChI is InChI=1S/C9H11F9O4S/c1-5(2,7(11,12)13)22-4-3-6(10,8(14,15)16)9(17,18)23(19,20)21/h3-4H2,1-2H3,(H,19,20,21). The van der Waals surface area contributed by atoms with E-state index in [4.69, 9.17) is 4.55 Å². The van der Waals surface area contributed by atoms with Gasteiger partial charge in [-0.2, -0.15) is 43.5 Å². The summed E-state index contributed by atoms with van der Waals surface area (Å²) in [6, 6.07) is 0. The third kappa shape index (κ3) is 4.21. The lowest BCUT2D eigenvalue weighted by molar-refractivity contribution is -0.296. The van der Waals surface area contributed by atoms with Crippen LogP contribution in [-0.2, 0) is 14.9 Å². The third-order valence-electron chi connectivity index (χ3n) is 2.83. The predicted octanol–water partition coefficient (Wildman–Crippen LogP) is 3.49. The van der Waals surface area contributed by atoms with Crippen LogP contribution in [0.25, 0.3) is 0 Å². The van der Waals surface area contributed by atoms with Gasteiger partial charge in [0.05, 0.1) is 6.61 Å². The molecule has 1 unspecified atom stereocenters. The zero-order valence-corrected chi connectivity index (χ0v) is 12.2. The molecule has 23 heavy (non-hydrogen) atoms. The zero-order valence-electron chi connectivity index (χ0n) is 11.4. The van der Waals surface area contributed by atoms with E-state index in [0.717, 1.165) is 0 Å². The fourth-order valence-electron chi connectivity index (χ4n) is 1.19. The highest BCUT2D eigenvalue weighted by Crippen LogP contribution is 2.50. The molecule has 0 aromatic rings. The predicted molar refractivity (Wildman–Crippen MR) is 57.1 cm³/mol. The van der Waals surface area contributed by atoms with Gasteiger partial charge in [0.1, 0.15) is 0 Å². The summed E-state index contributed by atoms with van der Waals surface area (Å²) in [7, 11) is -6.84. The molecular weight excluding hydrogens is 375 g/mol. The second kappa shape index (κ2) is 5.95. The maximum Gasteiger partial charge on any atom is 0.429 e. The lowest BCUT2D eigenvalue weighted by atomic mass is 10.0. The molecule has 1 N–H and O–H groups in total. The first-order chi connectivity index (χ1) is 9.71. The molecule has 0 saturated carbocycles. The summed E-state index contributed by atoms with van der Waals surface area (Å²) in [6.45, 7) is -1.18. The molecule has 0 fully saturated rings. The number of rotatable bonds is 6. The minimum Gasteiger partial charge on any atom is -0.366 e. The van der Waals surface area contributed by atoms with Gasteiger partial charge >= 0.3 is 27.7 Å². The van der Waals surface area contributed by atoms with Gasteiger partial charge in [0.2, 0.25) is 0 Å². The van der Waals surface area contributed by atoms with E-state index in [1.165, 1.54) is 0 Å². The summed E-state index contributed by atoms with van der Waals surface area (Å²) in [5, 5.41) is -6.34. The van der Waals surface area contributed by atoms with E-state index in [1.54, 1.807) is 0 Å². The van der Waals surface area contributed by atoms with E-state index in [0.29, 0.717) is 13.8 Å². The van der Waals surface area contributed by atoms with Crippen LogP contribution in [-0.4, -0.2) is 48.5 Å². The Morgan fingerprint density at radius 3 is 1.52 bits per heavy atom. The number of ether oxygens (including phenoxy) is 1. The van der Waals surface area contributed by atoms with Gasteiger partial charge in [0, 0.05) is 6.42 Å². The van der Waals surface area contributed by atoms with Crippen molar-refractivity contribution >= 4 is 10.1 Å². The van der Waals surface area contributed by atoms with Crippen molar-refractivity contribution in [2.24, 2.45) is 0 Å². The molecule has 0 aliphatic rings. The topological polar surface area (TPSA) is 63.6 Å². The first-order valence-corrected chi connectivity index (χ1v) is 6.96. The largest absolute Gasteiger partial charge is 0.429 e. The fraction of sp³-hybridized carbons (Fsp3) is 1.00. The van der Waals surface area contributed by atoms with Crippen molar-refractivity contribution in [2.75, 3.05) is 6.61 Å². The van der Waals surface area contributed by atoms with Crippen molar-refractivity contribution < 1.29 is 57.2 Å². The minimum absolute atomic E-state index is 0.335. The van der Waals surface area contributed by atoms with E-state index < -0.39 is 52.0 Å². The minimum atomic E-state index is -6.84. The van der Waals surface area contributed by atoms with E-state index in [9.17, 15) is 47.9 Å². The SMILES string of the molecule is CC(C)(OCCC(F)(C(F)(F)F)C(F)(F)S(=O)(=O)O)C(F)(F)F. The van der Waals surface area contributed by atoms with Crippen LogP contribution >= 0.6 is 0 Å². The first-order valence-electron chi connectivity index (χ1n) is 5.52. The summed E-state index contributed by atoms with van der Waals surface area (Å²) in [5.74, 6) is 0. The zero-order chi connectivity index (χ0) is 19.1. The monoisotopic (exact) mass is 386 g/mol. The van der Waals surface area contributed by atoms with Crippen LogP contribution in [0.5, 0.6) is 0 Å². The number of hydrogen-bond donors (Lipinski definition) is 1. The van der Waals surface area contributed by atoms with Crippen molar-refractivity contribution in [3.8, 4) is 0 Å². The van der Waals surface area contributed by atoms with E-state index in [2.05, 4.69) is 4.74 Å². The lowest BCUT2D eigenvalue weighted by Gasteiger charge is -2.34. The lowest BCUT2D eigenvalue weighted by Crippen LogP contribution is -2.59. The summed E-state index contributed by atoms with van der Waals surface area (Å²) in [4.78, 5) is 0. The number of alkyl halides is 9. The Balaban J connectivity index is 5.52. The molecule has 140 valence electrons. The Morgan fingerprint density at radius 2 is 1.26 bits per heavy atom. The van der Waals surface area contributed by atoms with Crippen LogP contribution < -0.4 is 0 Å². The summed E-state index contributed by atoms with van der Waals surface area (Å²) < 4.78 is 147. The molecule has 0 aliphatic heterocycles. The second-order valence-corrected chi connectivity index (χ2v) is 6.36. The molecule has 0 radical (unpaired) electrons. The first kappa shape index (κ1) is 22.2. The molecule has 0 aromatic heterocycles. The van der Waals surface area contributed by atoms with Crippen LogP contribution in [0.4, 0.5) is 39.5 Å². The van der Waals surface area contributed by atoms with Gasteiger partial charge in [-0.25, -0.2) is 4.39 Å². The highest BCUT2D eigenvalue weighted by atomic mass is 32.2. The van der Waals surface area contributed by atoms with Crippen molar-refractivity contribution in [3.05, 3.63) is 0 Å². The van der Waals surface area contributed by atoms with Crippen LogP contribution in [0.15, 0.2) is 0 Å². The van der Waals surface area contributed by atoms with Gasteiger partial charge in [-0.15, -0.1) is 0 Å². The maximum absolute atomic E-state index is 13.7. The Morgan fingerprint density at radius 1 is 0.870 bits per heavy atom. The molecule has 14 heteroatoms. The fourth-order valence-corrected chi connectivity index (χ4v) is 1.81. The van der Waals surface area contributed by atoms with Crippen LogP contribution in [0.3, 0.4) is 0 Å². The third-order valence-corrected chi connectivity index (χ3v) is 3.80. The maximum atomic E-state index is 13.7. The molecular formula is C9H11F9O4S. The van der Waals surface area contributed by atoms with Gasteiger partial charge in [-0.05, 0) is 13.8 Å². The van der Waals surface area contributed by atoms with Gasteiger partial charge in [-0.3, -0.25) is 4.55 Å². The quantitative estimate of drug-likeness (QED) is 0.561. The van der Waals surface area contributed by atoms with Gasteiger partial charge in [0.15, 0.2) is 5.60 Å². The van der Waals surface area contributed by atoms with Crippen LogP contribution in [0, 0.1) is 0 Å². The molecule has 0 aromatic carbocycles. The smallest absolute Gasteiger partial charge is 0.366 e. The number of hydrogen-bond acceptors (Lipinski definition) is 3. The van der Waals surface area contributed by atoms with Crippen LogP contribution in [0.1, 0.15) is 20.3 Å². The van der Waals surface area contributed by atoms with Crippen molar-refractivity contribution in [2.45, 2.75) is 49.1 Å². The highest BCUT2D eigenvalue weighted by molar-refractivity contribution is 7.87. The average Bonchev–Trinajstić information content (AvgIpc) is 2.23. The molecule has 1 atom stereocenters. The Hall–Kier alpha value is -0.760. The van der Waals surface area contributed by atoms with E-state index in [-0.39, 0.29) is 0 Å². The van der Waals surface area contributed by atoms with Crippen LogP contribution in [0.2, 0.25) is 0 Å². The van der Waals surface area contributed by atoms with Gasteiger partial charge in [0.25, 0.3) is 5.67 Å². The Kier molecular flexibility index (Phi) is 5.75. The molecule has 0 amide bonds. The normalized spacial score (nSPS) is 17.9. The van der Waals surface area contributed by atoms with E-state index >= 15 is 0 Å². The van der Waals surface area contributed by atoms with E-state index in [1.807, 2.05) is 0 Å². The summed E-state index contributed by atoms with van der Waals surface area (Å²) in [6.07, 6.45) is -14.1.